The van der Waals surface area contributed by atoms with Crippen LogP contribution in [-0.2, 0) is 6.42 Å². The van der Waals surface area contributed by atoms with Gasteiger partial charge in [-0.05, 0) is 42.5 Å². The molecule has 0 aliphatic carbocycles. The Morgan fingerprint density at radius 2 is 2.05 bits per heavy atom. The molecule has 0 amide bonds. The Morgan fingerprint density at radius 3 is 2.73 bits per heavy atom. The third-order valence-electron chi connectivity index (χ3n) is 3.50. The van der Waals surface area contributed by atoms with Crippen LogP contribution in [0.5, 0.6) is 0 Å². The molecule has 1 N–H and O–H groups in total. The van der Waals surface area contributed by atoms with Gasteiger partial charge in [-0.3, -0.25) is 10.1 Å². The first-order chi connectivity index (χ1) is 12.2. The van der Waals surface area contributed by atoms with Gasteiger partial charge in [0, 0.05) is 22.9 Å². The average Bonchev–Trinajstić information content (AvgIpc) is 3.01. The Kier molecular flexibility index (Phi) is 2.88. The maximum absolute atomic E-state index is 8.35. The van der Waals surface area contributed by atoms with E-state index in [0.29, 0.717) is 11.4 Å². The summed E-state index contributed by atoms with van der Waals surface area (Å²) in [5.41, 5.74) is 4.83. The van der Waals surface area contributed by atoms with Crippen LogP contribution >= 0.6 is 0 Å². The summed E-state index contributed by atoms with van der Waals surface area (Å²) in [6.45, 7) is 0.978. The Balaban J connectivity index is 2.10. The second kappa shape index (κ2) is 6.14. The second-order valence-electron chi connectivity index (χ2n) is 5.49. The zero-order valence-corrected chi connectivity index (χ0v) is 12.7. The topological polar surface area (TPSA) is 41.6 Å². The van der Waals surface area contributed by atoms with Crippen molar-refractivity contribution in [1.29, 1.82) is 0 Å². The summed E-state index contributed by atoms with van der Waals surface area (Å²) in [4.78, 5) is 4.51. The number of H-pyrrole nitrogens is 1. The molecule has 0 saturated carbocycles. The van der Waals surface area contributed by atoms with E-state index in [1.807, 2.05) is 49.4 Å². The maximum atomic E-state index is 8.35. The van der Waals surface area contributed by atoms with Crippen molar-refractivity contribution in [2.24, 2.45) is 5.89 Å². The fraction of sp³-hybridized carbons (Fsp3) is 0.263. The molecule has 22 heavy (non-hydrogen) atoms. The van der Waals surface area contributed by atoms with Crippen LogP contribution in [0.4, 0.5) is 0 Å². The minimum absolute atomic E-state index is 0.0899. The van der Waals surface area contributed by atoms with Gasteiger partial charge in [0.1, 0.15) is 5.69 Å². The maximum Gasteiger partial charge on any atom is 0.111 e. The third-order valence-corrected chi connectivity index (χ3v) is 3.50. The monoisotopic (exact) mass is 295 g/mol. The lowest BCUT2D eigenvalue weighted by Gasteiger charge is -2.13. The van der Waals surface area contributed by atoms with Crippen molar-refractivity contribution in [3.8, 4) is 22.5 Å². The van der Waals surface area contributed by atoms with Crippen LogP contribution in [0.3, 0.4) is 0 Å². The minimum atomic E-state index is -2.38. The van der Waals surface area contributed by atoms with E-state index in [0.717, 1.165) is 22.4 Å². The molecule has 2 heterocycles. The minimum Gasteiger partial charge on any atom is -0.282 e. The number of aryl methyl sites for hydroxylation is 1. The highest BCUT2D eigenvalue weighted by Gasteiger charge is 2.11. The second-order valence-corrected chi connectivity index (χ2v) is 5.49. The molecule has 112 valence electrons. The molecule has 3 rings (SSSR count). The van der Waals surface area contributed by atoms with Gasteiger partial charge in [-0.2, -0.15) is 5.10 Å². The van der Waals surface area contributed by atoms with Crippen LogP contribution in [-0.4, -0.2) is 15.2 Å². The standard InChI is InChI=1S/C19H21N3/c1-13(2)9-16-11-18(19-10-14(3)21-22-19)20-12-17(16)15-7-5-4-6-8-15/h4-8,10-13H,9H2,1-3H3,(H,21,22)/i1D3,13D. The van der Waals surface area contributed by atoms with Gasteiger partial charge in [0.15, 0.2) is 0 Å². The molecule has 0 bridgehead atoms. The lowest BCUT2D eigenvalue weighted by Crippen LogP contribution is -1.99. The molecule has 0 fully saturated rings. The summed E-state index contributed by atoms with van der Waals surface area (Å²) in [5, 5.41) is 7.12. The summed E-state index contributed by atoms with van der Waals surface area (Å²) in [5.74, 6) is -1.60. The SMILES string of the molecule is [2H]C([2H])([2H])C([2H])(C)Cc1cc(-c2cc(C)[nH]n2)ncc1-c1ccccc1. The van der Waals surface area contributed by atoms with Gasteiger partial charge in [-0.15, -0.1) is 0 Å². The van der Waals surface area contributed by atoms with Crippen molar-refractivity contribution >= 4 is 0 Å². The van der Waals surface area contributed by atoms with Gasteiger partial charge < -0.3 is 0 Å². The van der Waals surface area contributed by atoms with E-state index in [1.165, 1.54) is 6.92 Å². The summed E-state index contributed by atoms with van der Waals surface area (Å²) in [6, 6.07) is 13.4. The van der Waals surface area contributed by atoms with Crippen molar-refractivity contribution < 1.29 is 5.48 Å². The van der Waals surface area contributed by atoms with Gasteiger partial charge in [-0.1, -0.05) is 44.1 Å². The summed E-state index contributed by atoms with van der Waals surface area (Å²) in [6.07, 6.45) is 1.83. The molecule has 0 radical (unpaired) electrons. The molecule has 3 aromatic rings. The summed E-state index contributed by atoms with van der Waals surface area (Å²) < 4.78 is 31.4. The Hall–Kier alpha value is -2.42. The Labute approximate surface area is 137 Å². The van der Waals surface area contributed by atoms with E-state index >= 15 is 0 Å². The van der Waals surface area contributed by atoms with Gasteiger partial charge in [0.2, 0.25) is 0 Å². The molecule has 0 spiro atoms. The normalized spacial score (nSPS) is 17.0. The summed E-state index contributed by atoms with van der Waals surface area (Å²) in [7, 11) is 0. The molecule has 1 unspecified atom stereocenters. The van der Waals surface area contributed by atoms with E-state index in [9.17, 15) is 0 Å². The lowest BCUT2D eigenvalue weighted by molar-refractivity contribution is 0.648. The van der Waals surface area contributed by atoms with Crippen molar-refractivity contribution in [2.45, 2.75) is 27.1 Å². The van der Waals surface area contributed by atoms with Crippen molar-refractivity contribution in [1.82, 2.24) is 15.2 Å². The molecule has 1 aromatic carbocycles. The quantitative estimate of drug-likeness (QED) is 0.761. The van der Waals surface area contributed by atoms with E-state index in [-0.39, 0.29) is 6.42 Å². The highest BCUT2D eigenvalue weighted by atomic mass is 15.1. The largest absolute Gasteiger partial charge is 0.282 e. The number of hydrogen-bond donors (Lipinski definition) is 1. The molecule has 0 saturated heterocycles. The average molecular weight is 295 g/mol. The predicted octanol–water partition coefficient (Wildman–Crippen LogP) is 4.65. The van der Waals surface area contributed by atoms with E-state index in [2.05, 4.69) is 15.2 Å². The number of aromatic amines is 1. The first-order valence-electron chi connectivity index (χ1n) is 9.24. The Bertz CT molecular complexity index is 899. The Morgan fingerprint density at radius 1 is 1.23 bits per heavy atom. The smallest absolute Gasteiger partial charge is 0.111 e. The number of benzene rings is 1. The van der Waals surface area contributed by atoms with E-state index < -0.39 is 12.7 Å². The molecule has 0 aliphatic rings. The van der Waals surface area contributed by atoms with E-state index in [4.69, 9.17) is 5.48 Å². The van der Waals surface area contributed by atoms with Crippen LogP contribution in [0.1, 0.15) is 30.5 Å². The van der Waals surface area contributed by atoms with Gasteiger partial charge >= 0.3 is 0 Å². The molecule has 3 nitrogen and oxygen atoms in total. The predicted molar refractivity (Wildman–Crippen MR) is 90.5 cm³/mol. The van der Waals surface area contributed by atoms with Crippen molar-refractivity contribution in [3.05, 3.63) is 59.9 Å². The van der Waals surface area contributed by atoms with Crippen LogP contribution in [0, 0.1) is 12.8 Å². The highest BCUT2D eigenvalue weighted by molar-refractivity contribution is 5.69. The van der Waals surface area contributed by atoms with Gasteiger partial charge in [0.05, 0.1) is 5.69 Å². The number of aromatic nitrogens is 3. The molecule has 2 aromatic heterocycles. The van der Waals surface area contributed by atoms with E-state index in [1.54, 1.807) is 6.20 Å². The number of hydrogen-bond acceptors (Lipinski definition) is 2. The molecule has 3 heteroatoms. The van der Waals surface area contributed by atoms with Gasteiger partial charge in [-0.25, -0.2) is 0 Å². The highest BCUT2D eigenvalue weighted by Crippen LogP contribution is 2.28. The first kappa shape index (κ1) is 10.3. The fourth-order valence-electron chi connectivity index (χ4n) is 2.50. The fourth-order valence-corrected chi connectivity index (χ4v) is 2.50. The zero-order chi connectivity index (χ0) is 18.9. The number of pyridine rings is 1. The molecular weight excluding hydrogens is 270 g/mol. The van der Waals surface area contributed by atoms with Crippen molar-refractivity contribution in [3.63, 3.8) is 0 Å². The molecule has 0 aliphatic heterocycles. The molecule has 1 atom stereocenters. The van der Waals surface area contributed by atoms with Gasteiger partial charge in [0.25, 0.3) is 0 Å². The molecular formula is C19H21N3. The van der Waals surface area contributed by atoms with Crippen molar-refractivity contribution in [2.75, 3.05) is 0 Å². The zero-order valence-electron chi connectivity index (χ0n) is 16.7. The van der Waals surface area contributed by atoms with Crippen LogP contribution in [0.25, 0.3) is 22.5 Å². The first-order valence-corrected chi connectivity index (χ1v) is 7.24. The van der Waals surface area contributed by atoms with Crippen LogP contribution in [0.15, 0.2) is 48.7 Å². The third kappa shape index (κ3) is 3.08. The van der Waals surface area contributed by atoms with Crippen LogP contribution in [0.2, 0.25) is 0 Å². The number of rotatable bonds is 4. The van der Waals surface area contributed by atoms with Crippen LogP contribution < -0.4 is 0 Å². The number of nitrogens with one attached hydrogen (secondary N) is 1. The number of nitrogens with zero attached hydrogens (tertiary/aromatic N) is 2. The summed E-state index contributed by atoms with van der Waals surface area (Å²) >= 11 is 0. The lowest BCUT2D eigenvalue weighted by atomic mass is 9.94.